The number of aliphatic hydroxyl groups is 1. The minimum atomic E-state index is -1.14. The highest BCUT2D eigenvalue weighted by molar-refractivity contribution is 8.05. The molecule has 69 heavy (non-hydrogen) atoms. The zero-order valence-electron chi connectivity index (χ0n) is 45.8. The molecule has 0 bridgehead atoms. The maximum Gasteiger partial charge on any atom is 0.516 e. The molecule has 1 aliphatic heterocycles. The quantitative estimate of drug-likeness (QED) is 0.0154. The Kier molecular flexibility index (Phi) is 44.4. The van der Waals surface area contributed by atoms with E-state index in [0.717, 1.165) is 57.6 Å². The number of unbranched alkanes of at least 4 members (excludes halogenated alkanes) is 5. The molecule has 3 atom stereocenters. The molecule has 14 nitrogen and oxygen atoms in total. The number of nitrogens with two attached hydrogens (primary N) is 2. The van der Waals surface area contributed by atoms with Gasteiger partial charge in [0.05, 0.1) is 25.2 Å². The third-order valence-electron chi connectivity index (χ3n) is 11.2. The van der Waals surface area contributed by atoms with E-state index in [-0.39, 0.29) is 35.0 Å². The first-order valence-electron chi connectivity index (χ1n) is 25.2. The normalized spacial score (nSPS) is 13.8. The monoisotopic (exact) mass is 997 g/mol. The summed E-state index contributed by atoms with van der Waals surface area (Å²) >= 11 is 1.23. The lowest BCUT2D eigenvalue weighted by atomic mass is 9.84. The highest BCUT2D eigenvalue weighted by atomic mass is 32.2. The molecular weight excluding hydrogens is 898 g/mol. The first-order valence-corrected chi connectivity index (χ1v) is 26.1. The van der Waals surface area contributed by atoms with Gasteiger partial charge in [0.1, 0.15) is 24.8 Å². The number of carboxylic acid groups (broad SMARTS) is 1. The number of quaternary nitrogens is 1. The van der Waals surface area contributed by atoms with Crippen LogP contribution in [0.1, 0.15) is 159 Å². The van der Waals surface area contributed by atoms with Gasteiger partial charge in [-0.15, -0.1) is 0 Å². The van der Waals surface area contributed by atoms with Crippen LogP contribution in [-0.2, 0) is 25.5 Å². The fourth-order valence-electron chi connectivity index (χ4n) is 6.85. The second kappa shape index (κ2) is 42.8. The minimum absolute atomic E-state index is 0.00967. The number of aliphatic hydroxyl groups excluding tert-OH is 1. The predicted octanol–water partition coefficient (Wildman–Crippen LogP) is 10.9. The fraction of sp³-hybridized carbons (Fsp3) is 0.717. The summed E-state index contributed by atoms with van der Waals surface area (Å²) < 4.78 is 20.3. The first-order chi connectivity index (χ1) is 32.5. The molecule has 1 fully saturated rings. The lowest BCUT2D eigenvalue weighted by Crippen LogP contribution is -2.50. The van der Waals surface area contributed by atoms with E-state index in [2.05, 4.69) is 63.5 Å². The molecule has 3 unspecified atom stereocenters. The molecule has 2 amide bonds. The van der Waals surface area contributed by atoms with Gasteiger partial charge in [-0.1, -0.05) is 112 Å². The van der Waals surface area contributed by atoms with Crippen LogP contribution < -0.4 is 16.8 Å². The molecule has 0 aliphatic carbocycles. The molecule has 2 rings (SSSR count). The highest BCUT2D eigenvalue weighted by Gasteiger charge is 2.35. The molecule has 1 saturated heterocycles. The molecule has 0 saturated carbocycles. The first kappa shape index (κ1) is 71.5. The van der Waals surface area contributed by atoms with Gasteiger partial charge in [0.25, 0.3) is 6.26 Å². The number of nitrogens with one attached hydrogen (secondary N) is 1. The van der Waals surface area contributed by atoms with Crippen LogP contribution in [0.15, 0.2) is 40.7 Å². The number of carbonyl (C=O) groups is 4. The number of nitrogen functional groups attached to an aromatic ring is 1. The molecule has 1 aromatic carbocycles. The van der Waals surface area contributed by atoms with Crippen LogP contribution in [-0.4, -0.2) is 128 Å². The van der Waals surface area contributed by atoms with Crippen molar-refractivity contribution in [2.24, 2.45) is 17.1 Å². The number of anilines is 1. The van der Waals surface area contributed by atoms with E-state index in [4.69, 9.17) is 26.6 Å². The molecule has 1 heterocycles. The van der Waals surface area contributed by atoms with Crippen molar-refractivity contribution in [3.8, 4) is 6.26 Å². The third-order valence-corrected chi connectivity index (χ3v) is 12.2. The number of ether oxygens (including phenoxy) is 1. The van der Waals surface area contributed by atoms with E-state index in [9.17, 15) is 28.7 Å². The summed E-state index contributed by atoms with van der Waals surface area (Å²) in [4.78, 5) is 53.5. The van der Waals surface area contributed by atoms with E-state index in [0.29, 0.717) is 35.6 Å². The average molecular weight is 997 g/mol. The van der Waals surface area contributed by atoms with Crippen molar-refractivity contribution in [1.29, 1.82) is 5.26 Å². The van der Waals surface area contributed by atoms with Crippen LogP contribution in [0.3, 0.4) is 0 Å². The van der Waals surface area contributed by atoms with E-state index in [1.54, 1.807) is 46.3 Å². The molecule has 1 aliphatic rings. The Labute approximate surface area is 423 Å². The Hall–Kier alpha value is -4.01. The maximum atomic E-state index is 14.2. The second-order valence-electron chi connectivity index (χ2n) is 18.4. The van der Waals surface area contributed by atoms with Crippen molar-refractivity contribution in [1.82, 2.24) is 15.1 Å². The predicted molar refractivity (Wildman–Crippen MR) is 286 cm³/mol. The van der Waals surface area contributed by atoms with Crippen LogP contribution in [0.5, 0.6) is 0 Å². The topological polar surface area (TPSA) is 212 Å². The van der Waals surface area contributed by atoms with Crippen molar-refractivity contribution in [2.45, 2.75) is 178 Å². The number of nitriles is 1. The summed E-state index contributed by atoms with van der Waals surface area (Å²) in [5.41, 5.74) is 11.2. The minimum Gasteiger partial charge on any atom is -0.481 e. The number of piperidine rings is 1. The number of amides is 2. The summed E-state index contributed by atoms with van der Waals surface area (Å²) in [5, 5.41) is 28.1. The van der Waals surface area contributed by atoms with Crippen molar-refractivity contribution in [3.05, 3.63) is 52.0 Å². The van der Waals surface area contributed by atoms with Gasteiger partial charge in [0.2, 0.25) is 5.91 Å². The van der Waals surface area contributed by atoms with Crippen LogP contribution >= 0.6 is 11.8 Å². The van der Waals surface area contributed by atoms with Gasteiger partial charge in [-0.05, 0) is 122 Å². The third kappa shape index (κ3) is 34.9. The molecule has 16 heteroatoms. The number of carboxylic acids is 1. The number of nitrogens with zero attached hydrogens (tertiary/aromatic N) is 4. The Balaban J connectivity index is -0.000000878. The van der Waals surface area contributed by atoms with E-state index in [1.807, 2.05) is 27.7 Å². The Morgan fingerprint density at radius 3 is 2.07 bits per heavy atom. The van der Waals surface area contributed by atoms with Gasteiger partial charge in [-0.3, -0.25) is 9.59 Å². The van der Waals surface area contributed by atoms with Crippen molar-refractivity contribution >= 4 is 41.7 Å². The Bertz CT molecular complexity index is 1610. The number of rotatable bonds is 25. The number of thioether (sulfide) groups is 1. The average Bonchev–Trinajstić information content (AvgIpc) is 3.30. The van der Waals surface area contributed by atoms with Crippen LogP contribution in [0.2, 0.25) is 0 Å². The lowest BCUT2D eigenvalue weighted by molar-refractivity contribution is -0.815. The number of aldehydes is 1. The number of carbonyl (C=O) groups excluding carboxylic acids is 3. The summed E-state index contributed by atoms with van der Waals surface area (Å²) in [6.45, 7) is 30.0. The van der Waals surface area contributed by atoms with Crippen LogP contribution in [0, 0.1) is 28.7 Å². The molecule has 0 spiro atoms. The zero-order chi connectivity index (χ0) is 54.2. The number of hydrogen-bond acceptors (Lipinski definition) is 12. The largest absolute Gasteiger partial charge is 0.516 e. The summed E-state index contributed by atoms with van der Waals surface area (Å²) in [6.07, 6.45) is 13.3. The van der Waals surface area contributed by atoms with Gasteiger partial charge in [-0.2, -0.15) is 10.1 Å². The van der Waals surface area contributed by atoms with E-state index >= 15 is 0 Å². The lowest BCUT2D eigenvalue weighted by Gasteiger charge is -2.35. The van der Waals surface area contributed by atoms with Crippen molar-refractivity contribution in [3.63, 3.8) is 0 Å². The summed E-state index contributed by atoms with van der Waals surface area (Å²) in [5.74, 6) is -1.70. The number of likely N-dealkylation sites (N-methyl/N-ethyl adjacent to an activating group) is 1. The number of hydrogen-bond donors (Lipinski definition) is 5. The molecule has 400 valence electrons. The molecule has 0 aromatic heterocycles. The van der Waals surface area contributed by atoms with Crippen molar-refractivity contribution < 1.29 is 43.0 Å². The highest BCUT2D eigenvalue weighted by Crippen LogP contribution is 2.30. The second-order valence-corrected chi connectivity index (χ2v) is 19.4. The summed E-state index contributed by atoms with van der Waals surface area (Å²) in [7, 11) is 7.82. The smallest absolute Gasteiger partial charge is 0.481 e. The van der Waals surface area contributed by atoms with E-state index in [1.165, 1.54) is 62.7 Å². The molecule has 7 N–H and O–H groups in total. The van der Waals surface area contributed by atoms with Gasteiger partial charge in [0, 0.05) is 41.9 Å². The number of benzene rings is 1. The Morgan fingerprint density at radius 1 is 1.07 bits per heavy atom. The molecule has 0 radical (unpaired) electrons. The van der Waals surface area contributed by atoms with Crippen LogP contribution in [0.25, 0.3) is 0 Å². The number of aliphatic carboxylic acids is 1. The van der Waals surface area contributed by atoms with Gasteiger partial charge >= 0.3 is 12.1 Å². The van der Waals surface area contributed by atoms with Crippen molar-refractivity contribution in [2.75, 3.05) is 66.6 Å². The standard InChI is InChI=1S/C37H62FN5O5S.C6H13N.C5H10O.2C2H6.CHNO/c1-11-12-13-14-18-42(8)32(25(2)3)22-33(48-36(47)43(9,10)19-17-39)27(5)49-24-26(4)34(44)41-29(23-37(6,7)35(45)46)20-28-15-16-31(40)30(38)21-28;1-7-5-3-2-4-6-7;1-2-3-4-5-6;2*1-2;2-1-3/h15-16,21,24-25,29,32-33H,5,11-14,17-20,22-23,39-40H2,1-4,6-10H3,(H-,41,44,45,46);2-6H2,1H3;5H,2-4H2,1H3;2*1-2H3;3H/p+1/b26-24+;;;;;. The SMILES string of the molecule is C=C(S/C=C(\C)C(=O)NC(Cc1ccc(N)c(F)c1)CC(C)(C)C(=O)O)C(CC(C(C)C)N(C)CCCCCC)OC(=O)[N+](C)(C)CCN.CC.CC.CCCCC=O.CN1CCCCC1.N#CO. The van der Waals surface area contributed by atoms with Gasteiger partial charge in [0.15, 0.2) is 0 Å². The Morgan fingerprint density at radius 2 is 1.64 bits per heavy atom. The zero-order valence-corrected chi connectivity index (χ0v) is 46.6. The van der Waals surface area contributed by atoms with Gasteiger partial charge in [-0.25, -0.2) is 8.87 Å². The summed E-state index contributed by atoms with van der Waals surface area (Å²) in [6, 6.07) is 3.93. The van der Waals surface area contributed by atoms with E-state index < -0.39 is 41.3 Å². The van der Waals surface area contributed by atoms with Crippen LogP contribution in [0.4, 0.5) is 14.9 Å². The number of likely N-dealkylation sites (tertiary alicyclic amines) is 1. The molecule has 1 aromatic rings. The maximum absolute atomic E-state index is 14.2. The van der Waals surface area contributed by atoms with Gasteiger partial charge < -0.3 is 46.3 Å². The fourth-order valence-corrected chi connectivity index (χ4v) is 7.58. The molecular formula is C53H99FN7O7S+. The number of halogens is 1.